The van der Waals surface area contributed by atoms with Crippen LogP contribution in [0, 0.1) is 17.7 Å². The van der Waals surface area contributed by atoms with Crippen LogP contribution in [0.4, 0.5) is 4.39 Å². The van der Waals surface area contributed by atoms with Gasteiger partial charge in [-0.3, -0.25) is 14.7 Å². The molecule has 3 heterocycles. The van der Waals surface area contributed by atoms with Crippen LogP contribution in [0.1, 0.15) is 44.2 Å². The average molecular weight is 438 g/mol. The Morgan fingerprint density at radius 3 is 2.94 bits per heavy atom. The number of nitrogens with zero attached hydrogens (tertiary/aromatic N) is 4. The number of halogens is 1. The number of carbonyl (C=O) groups excluding carboxylic acids is 1. The molecule has 1 aliphatic heterocycles. The molecule has 32 heavy (non-hydrogen) atoms. The van der Waals surface area contributed by atoms with Crippen LogP contribution in [0.25, 0.3) is 11.4 Å². The van der Waals surface area contributed by atoms with Crippen LogP contribution >= 0.6 is 0 Å². The molecule has 1 aromatic carbocycles. The van der Waals surface area contributed by atoms with E-state index in [1.54, 1.807) is 24.5 Å². The average Bonchev–Trinajstić information content (AvgIpc) is 3.28. The predicted octanol–water partition coefficient (Wildman–Crippen LogP) is 4.00. The number of carbonyl (C=O) groups is 1. The van der Waals surface area contributed by atoms with Gasteiger partial charge in [-0.25, -0.2) is 4.39 Å². The van der Waals surface area contributed by atoms with Gasteiger partial charge in [0.15, 0.2) is 0 Å². The quantitative estimate of drug-likeness (QED) is 0.602. The van der Waals surface area contributed by atoms with Gasteiger partial charge in [0.2, 0.25) is 17.6 Å². The summed E-state index contributed by atoms with van der Waals surface area (Å²) in [6.07, 6.45) is 5.10. The molecule has 1 saturated heterocycles. The number of likely N-dealkylation sites (tertiary alicyclic amines) is 1. The van der Waals surface area contributed by atoms with Crippen LogP contribution in [0.15, 0.2) is 53.3 Å². The summed E-state index contributed by atoms with van der Waals surface area (Å²) in [6.45, 7) is 6.18. The second-order valence-corrected chi connectivity index (χ2v) is 8.63. The molecule has 0 spiro atoms. The van der Waals surface area contributed by atoms with Gasteiger partial charge < -0.3 is 9.84 Å². The molecule has 4 rings (SSSR count). The highest BCUT2D eigenvalue weighted by Crippen LogP contribution is 2.25. The Morgan fingerprint density at radius 1 is 1.31 bits per heavy atom. The molecule has 0 aliphatic carbocycles. The summed E-state index contributed by atoms with van der Waals surface area (Å²) in [5.41, 5.74) is 1.68. The molecule has 168 valence electrons. The van der Waals surface area contributed by atoms with Crippen LogP contribution in [-0.4, -0.2) is 39.0 Å². The molecule has 2 atom stereocenters. The minimum atomic E-state index is -0.376. The molecular weight excluding hydrogens is 409 g/mol. The van der Waals surface area contributed by atoms with Gasteiger partial charge in [0, 0.05) is 31.0 Å². The van der Waals surface area contributed by atoms with E-state index in [0.717, 1.165) is 30.5 Å². The number of nitrogens with one attached hydrogen (secondary N) is 1. The molecule has 3 aromatic rings. The van der Waals surface area contributed by atoms with Gasteiger partial charge in [-0.1, -0.05) is 31.1 Å². The van der Waals surface area contributed by atoms with Crippen LogP contribution < -0.4 is 5.32 Å². The van der Waals surface area contributed by atoms with Crippen molar-refractivity contribution in [2.75, 3.05) is 13.1 Å². The van der Waals surface area contributed by atoms with Gasteiger partial charge in [0.05, 0.1) is 5.92 Å². The van der Waals surface area contributed by atoms with E-state index in [9.17, 15) is 9.18 Å². The van der Waals surface area contributed by atoms with Crippen LogP contribution in [0.2, 0.25) is 0 Å². The minimum Gasteiger partial charge on any atom is -0.344 e. The number of hydrogen-bond donors (Lipinski definition) is 1. The van der Waals surface area contributed by atoms with E-state index in [1.165, 1.54) is 6.07 Å². The number of rotatable bonds is 7. The first-order valence-electron chi connectivity index (χ1n) is 11.0. The van der Waals surface area contributed by atoms with E-state index < -0.39 is 0 Å². The highest BCUT2D eigenvalue weighted by atomic mass is 19.1. The smallest absolute Gasteiger partial charge is 0.249 e. The Hall–Kier alpha value is -3.13. The largest absolute Gasteiger partial charge is 0.344 e. The maximum absolute atomic E-state index is 13.5. The van der Waals surface area contributed by atoms with Crippen molar-refractivity contribution in [3.8, 4) is 11.4 Å². The fourth-order valence-corrected chi connectivity index (χ4v) is 4.07. The molecule has 2 aromatic heterocycles. The summed E-state index contributed by atoms with van der Waals surface area (Å²) in [6, 6.07) is 9.92. The number of benzene rings is 1. The monoisotopic (exact) mass is 437 g/mol. The highest BCUT2D eigenvalue weighted by molar-refractivity contribution is 5.79. The highest BCUT2D eigenvalue weighted by Gasteiger charge is 2.31. The summed E-state index contributed by atoms with van der Waals surface area (Å²) >= 11 is 0. The van der Waals surface area contributed by atoms with Crippen LogP contribution in [0.3, 0.4) is 0 Å². The number of pyridine rings is 1. The minimum absolute atomic E-state index is 0.0197. The molecule has 0 saturated carbocycles. The van der Waals surface area contributed by atoms with Crippen LogP contribution in [0.5, 0.6) is 0 Å². The maximum Gasteiger partial charge on any atom is 0.249 e. The van der Waals surface area contributed by atoms with Gasteiger partial charge >= 0.3 is 0 Å². The first kappa shape index (κ1) is 22.1. The lowest BCUT2D eigenvalue weighted by atomic mass is 9.95. The summed E-state index contributed by atoms with van der Waals surface area (Å²) in [5.74, 6) is 0.520. The fraction of sp³-hybridized carbons (Fsp3) is 0.417. The van der Waals surface area contributed by atoms with Gasteiger partial charge in [0.1, 0.15) is 11.9 Å². The SMILES string of the molecule is CC(C)C(NC(=O)C1CCCN(Cc2cccc(F)c2)C1)c1nc(-c2cccnc2)no1. The zero-order valence-corrected chi connectivity index (χ0v) is 18.4. The number of amides is 1. The Kier molecular flexibility index (Phi) is 6.90. The lowest BCUT2D eigenvalue weighted by molar-refractivity contribution is -0.128. The van der Waals surface area contributed by atoms with Crippen molar-refractivity contribution in [1.29, 1.82) is 0 Å². The third-order valence-corrected chi connectivity index (χ3v) is 5.76. The van der Waals surface area contributed by atoms with E-state index >= 15 is 0 Å². The second kappa shape index (κ2) is 9.99. The Bertz CT molecular complexity index is 1040. The number of hydrogen-bond acceptors (Lipinski definition) is 6. The molecule has 1 amide bonds. The third kappa shape index (κ3) is 5.37. The third-order valence-electron chi connectivity index (χ3n) is 5.76. The topological polar surface area (TPSA) is 84.2 Å². The zero-order valence-electron chi connectivity index (χ0n) is 18.4. The zero-order chi connectivity index (χ0) is 22.5. The molecule has 1 fully saturated rings. The Morgan fingerprint density at radius 2 is 2.19 bits per heavy atom. The van der Waals surface area contributed by atoms with Crippen molar-refractivity contribution in [1.82, 2.24) is 25.3 Å². The normalized spacial score (nSPS) is 17.9. The first-order valence-corrected chi connectivity index (χ1v) is 11.0. The molecule has 1 aliphatic rings. The van der Waals surface area contributed by atoms with E-state index in [2.05, 4.69) is 25.3 Å². The number of piperidine rings is 1. The van der Waals surface area contributed by atoms with E-state index in [4.69, 9.17) is 4.52 Å². The van der Waals surface area contributed by atoms with Crippen molar-refractivity contribution < 1.29 is 13.7 Å². The number of aromatic nitrogens is 3. The summed E-state index contributed by atoms with van der Waals surface area (Å²) in [7, 11) is 0. The molecule has 8 heteroatoms. The van der Waals surface area contributed by atoms with Crippen molar-refractivity contribution in [2.24, 2.45) is 11.8 Å². The van der Waals surface area contributed by atoms with E-state index in [1.807, 2.05) is 32.0 Å². The summed E-state index contributed by atoms with van der Waals surface area (Å²) in [4.78, 5) is 23.9. The molecule has 0 radical (unpaired) electrons. The standard InChI is InChI=1S/C24H28FN5O2/c1-16(2)21(24-28-22(29-32-24)18-7-4-10-26-13-18)27-23(31)19-8-5-11-30(15-19)14-17-6-3-9-20(25)12-17/h3-4,6-7,9-10,12-13,16,19,21H,5,8,11,14-15H2,1-2H3,(H,27,31). The van der Waals surface area contributed by atoms with Gasteiger partial charge in [-0.15, -0.1) is 0 Å². The van der Waals surface area contributed by atoms with Crippen LogP contribution in [-0.2, 0) is 11.3 Å². The first-order chi connectivity index (χ1) is 15.5. The fourth-order valence-electron chi connectivity index (χ4n) is 4.07. The molecule has 2 unspecified atom stereocenters. The van der Waals surface area contributed by atoms with Crippen molar-refractivity contribution >= 4 is 5.91 Å². The van der Waals surface area contributed by atoms with Crippen molar-refractivity contribution in [3.63, 3.8) is 0 Å². The predicted molar refractivity (Wildman–Crippen MR) is 118 cm³/mol. The van der Waals surface area contributed by atoms with Gasteiger partial charge in [-0.05, 0) is 55.1 Å². The van der Waals surface area contributed by atoms with Gasteiger partial charge in [0.25, 0.3) is 0 Å². The second-order valence-electron chi connectivity index (χ2n) is 8.63. The molecular formula is C24H28FN5O2. The van der Waals surface area contributed by atoms with Crippen molar-refractivity contribution in [3.05, 3.63) is 66.1 Å². The van der Waals surface area contributed by atoms with E-state index in [-0.39, 0.29) is 29.6 Å². The lowest BCUT2D eigenvalue weighted by Crippen LogP contribution is -2.44. The molecule has 7 nitrogen and oxygen atoms in total. The summed E-state index contributed by atoms with van der Waals surface area (Å²) < 4.78 is 19.0. The Labute approximate surface area is 187 Å². The lowest BCUT2D eigenvalue weighted by Gasteiger charge is -2.33. The molecule has 0 bridgehead atoms. The van der Waals surface area contributed by atoms with Crippen molar-refractivity contribution in [2.45, 2.75) is 39.3 Å². The maximum atomic E-state index is 13.5. The summed E-state index contributed by atoms with van der Waals surface area (Å²) in [5, 5.41) is 7.18. The van der Waals surface area contributed by atoms with Gasteiger partial charge in [-0.2, -0.15) is 4.98 Å². The Balaban J connectivity index is 1.41. The van der Waals surface area contributed by atoms with E-state index in [0.29, 0.717) is 24.8 Å². The molecule has 1 N–H and O–H groups in total.